The largest absolute Gasteiger partial charge is 0.482 e. The number of nitrogens with zero attached hydrogens (tertiary/aromatic N) is 1. The van der Waals surface area contributed by atoms with E-state index < -0.39 is 5.97 Å². The van der Waals surface area contributed by atoms with Crippen LogP contribution in [-0.4, -0.2) is 12.6 Å². The molecule has 1 aliphatic heterocycles. The molecule has 3 aromatic carbocycles. The van der Waals surface area contributed by atoms with Gasteiger partial charge in [0.25, 0.3) is 0 Å². The zero-order valence-electron chi connectivity index (χ0n) is 18.5. The maximum Gasteiger partial charge on any atom is 0.349 e. The zero-order valence-corrected chi connectivity index (χ0v) is 18.5. The van der Waals surface area contributed by atoms with Crippen molar-refractivity contribution < 1.29 is 19.0 Å². The van der Waals surface area contributed by atoms with Crippen molar-refractivity contribution in [2.75, 3.05) is 6.61 Å². The molecule has 6 heteroatoms. The van der Waals surface area contributed by atoms with E-state index in [0.29, 0.717) is 22.8 Å². The van der Waals surface area contributed by atoms with E-state index in [1.807, 2.05) is 49.4 Å². The molecule has 0 fully saturated rings. The zero-order chi connectivity index (χ0) is 23.4. The Morgan fingerprint density at radius 3 is 2.58 bits per heavy atom. The molecule has 33 heavy (non-hydrogen) atoms. The first-order valence-corrected chi connectivity index (χ1v) is 10.7. The van der Waals surface area contributed by atoms with Crippen LogP contribution in [0, 0.1) is 18.3 Å². The lowest BCUT2D eigenvalue weighted by Gasteiger charge is -2.26. The second-order valence-electron chi connectivity index (χ2n) is 7.80. The summed E-state index contributed by atoms with van der Waals surface area (Å²) in [4.78, 5) is 12.3. The summed E-state index contributed by atoms with van der Waals surface area (Å²) in [6.45, 7) is 3.81. The number of nitrogens with two attached hydrogens (primary N) is 1. The van der Waals surface area contributed by atoms with Gasteiger partial charge in [-0.25, -0.2) is 4.79 Å². The highest BCUT2D eigenvalue weighted by molar-refractivity contribution is 5.74. The maximum absolute atomic E-state index is 12.3. The van der Waals surface area contributed by atoms with Crippen molar-refractivity contribution in [1.29, 1.82) is 5.26 Å². The van der Waals surface area contributed by atoms with Crippen LogP contribution in [0.1, 0.15) is 35.1 Å². The van der Waals surface area contributed by atoms with Gasteiger partial charge in [0.05, 0.1) is 5.92 Å². The molecule has 6 nitrogen and oxygen atoms in total. The standard InChI is InChI=1S/C27H24N2O4/c1-3-18-7-9-19(10-8-18)26-22-12-11-21(14-24(22)33-27(29)23(26)15-28)32-25(30)16-31-20-6-4-5-17(2)13-20/h4-14,26H,3,16,29H2,1-2H3. The first-order chi connectivity index (χ1) is 16.0. The van der Waals surface area contributed by atoms with E-state index in [-0.39, 0.29) is 18.4 Å². The Balaban J connectivity index is 1.54. The summed E-state index contributed by atoms with van der Waals surface area (Å²) in [6, 6.07) is 22.8. The van der Waals surface area contributed by atoms with Gasteiger partial charge < -0.3 is 19.9 Å². The smallest absolute Gasteiger partial charge is 0.349 e. The molecule has 0 aromatic heterocycles. The summed E-state index contributed by atoms with van der Waals surface area (Å²) in [5.74, 6) is 0.487. The number of hydrogen-bond acceptors (Lipinski definition) is 6. The van der Waals surface area contributed by atoms with Crippen molar-refractivity contribution in [3.63, 3.8) is 0 Å². The van der Waals surface area contributed by atoms with Gasteiger partial charge in [-0.05, 0) is 48.2 Å². The van der Waals surface area contributed by atoms with Crippen LogP contribution in [0.4, 0.5) is 0 Å². The van der Waals surface area contributed by atoms with Gasteiger partial charge in [0.2, 0.25) is 5.88 Å². The fourth-order valence-electron chi connectivity index (χ4n) is 3.80. The molecule has 1 atom stereocenters. The first kappa shape index (κ1) is 22.0. The van der Waals surface area contributed by atoms with Gasteiger partial charge in [0, 0.05) is 11.6 Å². The third-order valence-electron chi connectivity index (χ3n) is 5.49. The second kappa shape index (κ2) is 9.49. The maximum atomic E-state index is 12.3. The normalized spacial score (nSPS) is 14.6. The highest BCUT2D eigenvalue weighted by atomic mass is 16.6. The molecule has 0 amide bonds. The topological polar surface area (TPSA) is 94.6 Å². The minimum Gasteiger partial charge on any atom is -0.482 e. The van der Waals surface area contributed by atoms with Crippen molar-refractivity contribution in [2.45, 2.75) is 26.2 Å². The molecule has 0 bridgehead atoms. The van der Waals surface area contributed by atoms with Crippen LogP contribution in [0.5, 0.6) is 17.2 Å². The Kier molecular flexibility index (Phi) is 6.32. The molecule has 1 unspecified atom stereocenters. The van der Waals surface area contributed by atoms with Crippen LogP contribution in [0.15, 0.2) is 78.2 Å². The number of carbonyl (C=O) groups is 1. The quantitative estimate of drug-likeness (QED) is 0.439. The van der Waals surface area contributed by atoms with Crippen LogP contribution in [0.25, 0.3) is 0 Å². The molecule has 2 N–H and O–H groups in total. The fourth-order valence-corrected chi connectivity index (χ4v) is 3.80. The van der Waals surface area contributed by atoms with Crippen molar-refractivity contribution >= 4 is 5.97 Å². The lowest BCUT2D eigenvalue weighted by Crippen LogP contribution is -2.21. The summed E-state index contributed by atoms with van der Waals surface area (Å²) in [6.07, 6.45) is 0.927. The average molecular weight is 440 g/mol. The number of ether oxygens (including phenoxy) is 3. The molecule has 0 saturated carbocycles. The number of carbonyl (C=O) groups excluding carboxylic acids is 1. The van der Waals surface area contributed by atoms with Gasteiger partial charge in [-0.15, -0.1) is 0 Å². The van der Waals surface area contributed by atoms with Crippen LogP contribution in [0.2, 0.25) is 0 Å². The monoisotopic (exact) mass is 440 g/mol. The minimum atomic E-state index is -0.541. The number of fused-ring (bicyclic) bond motifs is 1. The number of aryl methyl sites for hydroxylation is 2. The highest BCUT2D eigenvalue weighted by Crippen LogP contribution is 2.43. The Morgan fingerprint density at radius 2 is 1.88 bits per heavy atom. The van der Waals surface area contributed by atoms with Gasteiger partial charge in [0.15, 0.2) is 6.61 Å². The van der Waals surface area contributed by atoms with E-state index in [1.165, 1.54) is 5.56 Å². The predicted octanol–water partition coefficient (Wildman–Crippen LogP) is 4.76. The lowest BCUT2D eigenvalue weighted by molar-refractivity contribution is -0.136. The molecule has 3 aromatic rings. The van der Waals surface area contributed by atoms with Crippen LogP contribution < -0.4 is 19.9 Å². The molecule has 0 radical (unpaired) electrons. The van der Waals surface area contributed by atoms with Gasteiger partial charge in [-0.2, -0.15) is 5.26 Å². The van der Waals surface area contributed by atoms with Crippen molar-refractivity contribution in [3.05, 3.63) is 100 Å². The summed E-state index contributed by atoms with van der Waals surface area (Å²) in [5.41, 5.74) is 10.4. The van der Waals surface area contributed by atoms with Crippen LogP contribution in [-0.2, 0) is 11.2 Å². The van der Waals surface area contributed by atoms with Gasteiger partial charge in [-0.1, -0.05) is 49.4 Å². The summed E-state index contributed by atoms with van der Waals surface area (Å²) >= 11 is 0. The molecule has 0 aliphatic carbocycles. The fraction of sp³-hybridized carbons (Fsp3) is 0.185. The number of rotatable bonds is 6. The van der Waals surface area contributed by atoms with E-state index in [0.717, 1.165) is 23.1 Å². The molecule has 4 rings (SSSR count). The summed E-state index contributed by atoms with van der Waals surface area (Å²) < 4.78 is 16.6. The van der Waals surface area contributed by atoms with Gasteiger partial charge in [-0.3, -0.25) is 0 Å². The third kappa shape index (κ3) is 4.83. The molecular formula is C27H24N2O4. The Bertz CT molecular complexity index is 1260. The molecule has 1 aliphatic rings. The predicted molar refractivity (Wildman–Crippen MR) is 124 cm³/mol. The van der Waals surface area contributed by atoms with Crippen LogP contribution in [0.3, 0.4) is 0 Å². The van der Waals surface area contributed by atoms with Crippen molar-refractivity contribution in [2.24, 2.45) is 5.73 Å². The molecular weight excluding hydrogens is 416 g/mol. The number of nitriles is 1. The first-order valence-electron chi connectivity index (χ1n) is 10.7. The number of allylic oxidation sites excluding steroid dienone is 1. The Hall–Kier alpha value is -4.24. The summed E-state index contributed by atoms with van der Waals surface area (Å²) in [7, 11) is 0. The second-order valence-corrected chi connectivity index (χ2v) is 7.80. The number of esters is 1. The minimum absolute atomic E-state index is 0.0424. The molecule has 0 spiro atoms. The summed E-state index contributed by atoms with van der Waals surface area (Å²) in [5, 5.41) is 9.71. The van der Waals surface area contributed by atoms with E-state index in [9.17, 15) is 10.1 Å². The van der Waals surface area contributed by atoms with Crippen LogP contribution >= 0.6 is 0 Å². The van der Waals surface area contributed by atoms with Crippen molar-refractivity contribution in [3.8, 4) is 23.3 Å². The number of hydrogen-bond donors (Lipinski definition) is 1. The van der Waals surface area contributed by atoms with E-state index in [4.69, 9.17) is 19.9 Å². The van der Waals surface area contributed by atoms with Gasteiger partial charge in [0.1, 0.15) is 28.9 Å². The molecule has 1 heterocycles. The highest BCUT2D eigenvalue weighted by Gasteiger charge is 2.31. The Labute approximate surface area is 192 Å². The van der Waals surface area contributed by atoms with E-state index >= 15 is 0 Å². The SMILES string of the molecule is CCc1ccc(C2C(C#N)=C(N)Oc3cc(OC(=O)COc4cccc(C)c4)ccc32)cc1. The Morgan fingerprint density at radius 1 is 1.09 bits per heavy atom. The van der Waals surface area contributed by atoms with Gasteiger partial charge >= 0.3 is 5.97 Å². The molecule has 166 valence electrons. The number of benzene rings is 3. The van der Waals surface area contributed by atoms with E-state index in [2.05, 4.69) is 13.0 Å². The third-order valence-corrected chi connectivity index (χ3v) is 5.49. The van der Waals surface area contributed by atoms with E-state index in [1.54, 1.807) is 24.3 Å². The molecule has 0 saturated heterocycles. The lowest BCUT2D eigenvalue weighted by atomic mass is 9.83. The van der Waals surface area contributed by atoms with Crippen molar-refractivity contribution in [1.82, 2.24) is 0 Å². The average Bonchev–Trinajstić information content (AvgIpc) is 2.82.